The highest BCUT2D eigenvalue weighted by molar-refractivity contribution is 7.89. The second-order valence-electron chi connectivity index (χ2n) is 8.74. The van der Waals surface area contributed by atoms with Gasteiger partial charge in [-0.05, 0) is 62.1 Å². The van der Waals surface area contributed by atoms with Crippen molar-refractivity contribution in [1.82, 2.24) is 9.21 Å². The summed E-state index contributed by atoms with van der Waals surface area (Å²) in [7, 11) is -3.62. The first kappa shape index (κ1) is 23.4. The van der Waals surface area contributed by atoms with E-state index in [0.717, 1.165) is 24.9 Å². The van der Waals surface area contributed by atoms with Gasteiger partial charge in [0.25, 0.3) is 0 Å². The molecule has 2 aliphatic rings. The van der Waals surface area contributed by atoms with Crippen molar-refractivity contribution >= 4 is 27.5 Å². The average molecular weight is 471 g/mol. The molecule has 4 rings (SSSR count). The monoisotopic (exact) mass is 470 g/mol. The van der Waals surface area contributed by atoms with Gasteiger partial charge in [0.15, 0.2) is 0 Å². The maximum Gasteiger partial charge on any atom is 0.243 e. The van der Waals surface area contributed by atoms with E-state index in [9.17, 15) is 18.0 Å². The van der Waals surface area contributed by atoms with E-state index in [-0.39, 0.29) is 29.3 Å². The third kappa shape index (κ3) is 5.43. The molecule has 2 amide bonds. The fourth-order valence-corrected chi connectivity index (χ4v) is 6.22. The molecule has 0 aromatic heterocycles. The number of primary amides is 1. The maximum absolute atomic E-state index is 13.0. The Bertz CT molecular complexity index is 1110. The second kappa shape index (κ2) is 10.0. The summed E-state index contributed by atoms with van der Waals surface area (Å²) in [5, 5.41) is 2.95. The number of hydrogen-bond acceptors (Lipinski definition) is 5. The summed E-state index contributed by atoms with van der Waals surface area (Å²) in [5.74, 6) is -0.903. The lowest BCUT2D eigenvalue weighted by atomic mass is 9.98. The van der Waals surface area contributed by atoms with Crippen LogP contribution in [0.3, 0.4) is 0 Å². The highest BCUT2D eigenvalue weighted by atomic mass is 32.2. The minimum atomic E-state index is -3.62. The lowest BCUT2D eigenvalue weighted by Crippen LogP contribution is -2.43. The van der Waals surface area contributed by atoms with Gasteiger partial charge in [0, 0.05) is 25.3 Å². The molecule has 9 heteroatoms. The number of rotatable bonds is 7. The second-order valence-corrected chi connectivity index (χ2v) is 10.7. The lowest BCUT2D eigenvalue weighted by molar-refractivity contribution is -0.122. The topological polar surface area (TPSA) is 113 Å². The number of hydrogen-bond donors (Lipinski definition) is 2. The van der Waals surface area contributed by atoms with Crippen molar-refractivity contribution in [3.8, 4) is 0 Å². The van der Waals surface area contributed by atoms with E-state index in [1.165, 1.54) is 4.31 Å². The van der Waals surface area contributed by atoms with Crippen LogP contribution in [0.5, 0.6) is 0 Å². The van der Waals surface area contributed by atoms with Gasteiger partial charge in [0.1, 0.15) is 0 Å². The molecule has 2 saturated heterocycles. The Labute approximate surface area is 194 Å². The van der Waals surface area contributed by atoms with Gasteiger partial charge in [-0.2, -0.15) is 4.31 Å². The minimum absolute atomic E-state index is 0.164. The van der Waals surface area contributed by atoms with Crippen molar-refractivity contribution in [2.75, 3.05) is 25.0 Å². The first-order chi connectivity index (χ1) is 15.8. The van der Waals surface area contributed by atoms with Crippen molar-refractivity contribution < 1.29 is 18.0 Å². The largest absolute Gasteiger partial charge is 0.368 e. The first-order valence-corrected chi connectivity index (χ1v) is 12.8. The summed E-state index contributed by atoms with van der Waals surface area (Å²) in [6.45, 7) is 1.98. The van der Waals surface area contributed by atoms with Crippen LogP contribution in [0.4, 0.5) is 5.69 Å². The van der Waals surface area contributed by atoms with Gasteiger partial charge in [-0.1, -0.05) is 30.3 Å². The van der Waals surface area contributed by atoms with Gasteiger partial charge in [-0.15, -0.1) is 0 Å². The third-order valence-corrected chi connectivity index (χ3v) is 8.29. The molecule has 33 heavy (non-hydrogen) atoms. The number of amides is 2. The fraction of sp³-hybridized carbons (Fsp3) is 0.417. The molecule has 3 N–H and O–H groups in total. The number of anilines is 1. The SMILES string of the molecule is NC(=O)C1CCCN1Cc1cccc(NC(=O)C2CCCN(S(=O)(=O)c3ccccc3)C2)c1. The van der Waals surface area contributed by atoms with E-state index < -0.39 is 15.9 Å². The summed E-state index contributed by atoms with van der Waals surface area (Å²) >= 11 is 0. The van der Waals surface area contributed by atoms with Crippen LogP contribution in [0.25, 0.3) is 0 Å². The normalized spacial score (nSPS) is 22.2. The summed E-state index contributed by atoms with van der Waals surface area (Å²) < 4.78 is 27.3. The van der Waals surface area contributed by atoms with Crippen LogP contribution in [-0.4, -0.2) is 55.1 Å². The molecule has 2 aromatic carbocycles. The molecule has 2 unspecified atom stereocenters. The third-order valence-electron chi connectivity index (χ3n) is 6.41. The summed E-state index contributed by atoms with van der Waals surface area (Å²) in [4.78, 5) is 26.9. The number of carbonyl (C=O) groups excluding carboxylic acids is 2. The molecule has 176 valence electrons. The van der Waals surface area contributed by atoms with Crippen molar-refractivity contribution in [3.63, 3.8) is 0 Å². The zero-order valence-corrected chi connectivity index (χ0v) is 19.3. The van der Waals surface area contributed by atoms with Crippen LogP contribution in [0.2, 0.25) is 0 Å². The summed E-state index contributed by atoms with van der Waals surface area (Å²) in [6, 6.07) is 15.6. The van der Waals surface area contributed by atoms with Crippen molar-refractivity contribution in [2.45, 2.75) is 43.2 Å². The zero-order chi connectivity index (χ0) is 23.4. The molecule has 8 nitrogen and oxygen atoms in total. The number of nitrogens with zero attached hydrogens (tertiary/aromatic N) is 2. The molecular weight excluding hydrogens is 440 g/mol. The predicted molar refractivity (Wildman–Crippen MR) is 126 cm³/mol. The number of likely N-dealkylation sites (tertiary alicyclic amines) is 1. The van der Waals surface area contributed by atoms with E-state index in [0.29, 0.717) is 31.6 Å². The smallest absolute Gasteiger partial charge is 0.243 e. The standard InChI is InChI=1S/C24H30N4O4S/c25-23(29)22-12-6-13-27(22)16-18-7-4-9-20(15-18)26-24(30)19-8-5-14-28(17-19)33(31,32)21-10-2-1-3-11-21/h1-4,7,9-11,15,19,22H,5-6,8,12-14,16-17H2,(H2,25,29)(H,26,30). The van der Waals surface area contributed by atoms with Crippen LogP contribution >= 0.6 is 0 Å². The summed E-state index contributed by atoms with van der Waals surface area (Å²) in [6.07, 6.45) is 2.98. The minimum Gasteiger partial charge on any atom is -0.368 e. The van der Waals surface area contributed by atoms with Crippen LogP contribution in [-0.2, 0) is 26.2 Å². The van der Waals surface area contributed by atoms with Crippen molar-refractivity contribution in [2.24, 2.45) is 11.7 Å². The Kier molecular flexibility index (Phi) is 7.11. The Balaban J connectivity index is 1.40. The number of piperidine rings is 1. The van der Waals surface area contributed by atoms with Crippen molar-refractivity contribution in [1.29, 1.82) is 0 Å². The van der Waals surface area contributed by atoms with Crippen LogP contribution < -0.4 is 11.1 Å². The fourth-order valence-electron chi connectivity index (χ4n) is 4.68. The molecule has 2 aliphatic heterocycles. The molecular formula is C24H30N4O4S. The van der Waals surface area contributed by atoms with Gasteiger partial charge in [-0.3, -0.25) is 14.5 Å². The van der Waals surface area contributed by atoms with Crippen LogP contribution in [0, 0.1) is 5.92 Å². The zero-order valence-electron chi connectivity index (χ0n) is 18.5. The number of carbonyl (C=O) groups is 2. The predicted octanol–water partition coefficient (Wildman–Crippen LogP) is 2.18. The molecule has 0 radical (unpaired) electrons. The molecule has 2 heterocycles. The van der Waals surface area contributed by atoms with Crippen LogP contribution in [0.1, 0.15) is 31.2 Å². The molecule has 0 bridgehead atoms. The molecule has 0 saturated carbocycles. The van der Waals surface area contributed by atoms with E-state index in [2.05, 4.69) is 10.2 Å². The van der Waals surface area contributed by atoms with Gasteiger partial charge in [0.05, 0.1) is 16.9 Å². The van der Waals surface area contributed by atoms with Gasteiger partial charge >= 0.3 is 0 Å². The van der Waals surface area contributed by atoms with Gasteiger partial charge in [-0.25, -0.2) is 8.42 Å². The average Bonchev–Trinajstić information content (AvgIpc) is 3.28. The molecule has 0 aliphatic carbocycles. The Morgan fingerprint density at radius 3 is 2.52 bits per heavy atom. The number of sulfonamides is 1. The van der Waals surface area contributed by atoms with E-state index in [1.54, 1.807) is 30.3 Å². The van der Waals surface area contributed by atoms with Gasteiger partial charge < -0.3 is 11.1 Å². The Morgan fingerprint density at radius 2 is 1.76 bits per heavy atom. The number of benzene rings is 2. The maximum atomic E-state index is 13.0. The molecule has 2 aromatic rings. The lowest BCUT2D eigenvalue weighted by Gasteiger charge is -2.31. The summed E-state index contributed by atoms with van der Waals surface area (Å²) in [5.41, 5.74) is 7.16. The van der Waals surface area contributed by atoms with Gasteiger partial charge in [0.2, 0.25) is 21.8 Å². The van der Waals surface area contributed by atoms with E-state index in [1.807, 2.05) is 24.3 Å². The number of nitrogens with two attached hydrogens (primary N) is 1. The highest BCUT2D eigenvalue weighted by Crippen LogP contribution is 2.25. The molecule has 2 fully saturated rings. The van der Waals surface area contributed by atoms with Crippen LogP contribution in [0.15, 0.2) is 59.5 Å². The quantitative estimate of drug-likeness (QED) is 0.644. The van der Waals surface area contributed by atoms with E-state index >= 15 is 0 Å². The molecule has 2 atom stereocenters. The first-order valence-electron chi connectivity index (χ1n) is 11.3. The van der Waals surface area contributed by atoms with Crippen molar-refractivity contribution in [3.05, 3.63) is 60.2 Å². The highest BCUT2D eigenvalue weighted by Gasteiger charge is 2.33. The number of nitrogens with one attached hydrogen (secondary N) is 1. The van der Waals surface area contributed by atoms with E-state index in [4.69, 9.17) is 5.73 Å². The molecule has 0 spiro atoms. The Morgan fingerprint density at radius 1 is 1.00 bits per heavy atom. The Hall–Kier alpha value is -2.75.